The van der Waals surface area contributed by atoms with Gasteiger partial charge in [-0.3, -0.25) is 9.69 Å². The molecule has 1 aromatic carbocycles. The van der Waals surface area contributed by atoms with Crippen LogP contribution in [0.25, 0.3) is 0 Å². The summed E-state index contributed by atoms with van der Waals surface area (Å²) in [5, 5.41) is 0. The molecule has 0 unspecified atom stereocenters. The first-order chi connectivity index (χ1) is 10.1. The number of ketones is 1. The Labute approximate surface area is 135 Å². The van der Waals surface area contributed by atoms with Crippen LogP contribution >= 0.6 is 15.9 Å². The maximum atomic E-state index is 11.8. The molecule has 0 radical (unpaired) electrons. The summed E-state index contributed by atoms with van der Waals surface area (Å²) in [6.45, 7) is 5.02. The zero-order chi connectivity index (χ0) is 14.8. The van der Waals surface area contributed by atoms with Crippen LogP contribution in [0.3, 0.4) is 0 Å². The van der Waals surface area contributed by atoms with Gasteiger partial charge in [-0.25, -0.2) is 0 Å². The predicted molar refractivity (Wildman–Crippen MR) is 89.8 cm³/mol. The molecule has 3 rings (SSSR count). The van der Waals surface area contributed by atoms with Gasteiger partial charge >= 0.3 is 0 Å². The highest BCUT2D eigenvalue weighted by atomic mass is 79.9. The number of Topliss-reactive ketones (excluding diaryl/α,β-unsaturated/α-hetero) is 1. The van der Waals surface area contributed by atoms with Gasteiger partial charge in [-0.05, 0) is 57.4 Å². The van der Waals surface area contributed by atoms with Gasteiger partial charge in [0.25, 0.3) is 0 Å². The number of benzene rings is 1. The number of carbonyl (C=O) groups is 1. The van der Waals surface area contributed by atoms with Crippen molar-refractivity contribution in [3.05, 3.63) is 28.7 Å². The molecule has 3 nitrogen and oxygen atoms in total. The van der Waals surface area contributed by atoms with E-state index in [9.17, 15) is 4.79 Å². The second-order valence-electron chi connectivity index (χ2n) is 6.20. The Bertz CT molecular complexity index is 511. The van der Waals surface area contributed by atoms with Crippen molar-refractivity contribution in [1.82, 2.24) is 4.90 Å². The molecule has 1 aromatic rings. The lowest BCUT2D eigenvalue weighted by Crippen LogP contribution is -2.48. The first kappa shape index (κ1) is 15.0. The van der Waals surface area contributed by atoms with E-state index in [1.54, 1.807) is 6.92 Å². The molecule has 0 spiro atoms. The molecule has 21 heavy (non-hydrogen) atoms. The van der Waals surface area contributed by atoms with Crippen LogP contribution in [0.1, 0.15) is 32.6 Å². The van der Waals surface area contributed by atoms with Crippen molar-refractivity contribution >= 4 is 27.4 Å². The number of rotatable bonds is 3. The number of piperidine rings is 1. The zero-order valence-corrected chi connectivity index (χ0v) is 14.2. The topological polar surface area (TPSA) is 23.6 Å². The summed E-state index contributed by atoms with van der Waals surface area (Å²) in [6.07, 6.45) is 4.56. The van der Waals surface area contributed by atoms with E-state index in [4.69, 9.17) is 0 Å². The van der Waals surface area contributed by atoms with E-state index in [-0.39, 0.29) is 6.04 Å². The fraction of sp³-hybridized carbons (Fsp3) is 0.588. The van der Waals surface area contributed by atoms with Crippen molar-refractivity contribution < 1.29 is 4.79 Å². The number of hydrogen-bond donors (Lipinski definition) is 0. The van der Waals surface area contributed by atoms with Gasteiger partial charge in [0.05, 0.1) is 6.04 Å². The summed E-state index contributed by atoms with van der Waals surface area (Å²) >= 11 is 3.55. The van der Waals surface area contributed by atoms with Gasteiger partial charge in [-0.15, -0.1) is 0 Å². The van der Waals surface area contributed by atoms with Crippen LogP contribution in [0.15, 0.2) is 28.7 Å². The minimum atomic E-state index is 0.187. The van der Waals surface area contributed by atoms with Crippen LogP contribution in [-0.2, 0) is 4.79 Å². The largest absolute Gasteiger partial charge is 0.371 e. The molecule has 2 saturated heterocycles. The zero-order valence-electron chi connectivity index (χ0n) is 12.6. The second kappa shape index (κ2) is 6.49. The Hall–Kier alpha value is -0.870. The monoisotopic (exact) mass is 350 g/mol. The minimum Gasteiger partial charge on any atom is -0.371 e. The molecule has 0 amide bonds. The molecule has 1 atom stereocenters. The minimum absolute atomic E-state index is 0.187. The van der Waals surface area contributed by atoms with Crippen LogP contribution in [0.4, 0.5) is 5.69 Å². The Morgan fingerprint density at radius 3 is 2.62 bits per heavy atom. The second-order valence-corrected chi connectivity index (χ2v) is 7.12. The summed E-state index contributed by atoms with van der Waals surface area (Å²) in [6, 6.07) is 9.31. The van der Waals surface area contributed by atoms with Crippen molar-refractivity contribution in [3.8, 4) is 0 Å². The van der Waals surface area contributed by atoms with Crippen molar-refractivity contribution in [3.63, 3.8) is 0 Å². The Morgan fingerprint density at radius 1 is 1.19 bits per heavy atom. The third-order valence-corrected chi connectivity index (χ3v) is 5.36. The lowest BCUT2D eigenvalue weighted by Gasteiger charge is -2.39. The average molecular weight is 351 g/mol. The molecule has 0 aromatic heterocycles. The number of nitrogens with zero attached hydrogens (tertiary/aromatic N) is 2. The summed E-state index contributed by atoms with van der Waals surface area (Å²) in [5.74, 6) is 0.349. The highest BCUT2D eigenvalue weighted by Gasteiger charge is 2.34. The van der Waals surface area contributed by atoms with Gasteiger partial charge < -0.3 is 4.90 Å². The van der Waals surface area contributed by atoms with E-state index in [2.05, 4.69) is 50.0 Å². The normalized spacial score (nSPS) is 24.5. The quantitative estimate of drug-likeness (QED) is 0.833. The molecule has 0 aliphatic carbocycles. The Morgan fingerprint density at radius 2 is 1.95 bits per heavy atom. The molecule has 0 bridgehead atoms. The lowest BCUT2D eigenvalue weighted by molar-refractivity contribution is -0.122. The summed E-state index contributed by atoms with van der Waals surface area (Å²) in [7, 11) is 0. The fourth-order valence-corrected chi connectivity index (χ4v) is 4.18. The fourth-order valence-electron chi connectivity index (χ4n) is 3.79. The van der Waals surface area contributed by atoms with E-state index >= 15 is 0 Å². The molecule has 0 N–H and O–H groups in total. The first-order valence-electron chi connectivity index (χ1n) is 7.92. The van der Waals surface area contributed by atoms with E-state index in [1.807, 2.05) is 0 Å². The maximum absolute atomic E-state index is 11.8. The van der Waals surface area contributed by atoms with Gasteiger partial charge in [0.1, 0.15) is 5.78 Å². The van der Waals surface area contributed by atoms with Crippen LogP contribution in [-0.4, -0.2) is 42.4 Å². The Kier molecular flexibility index (Phi) is 4.65. The highest BCUT2D eigenvalue weighted by Crippen LogP contribution is 2.29. The molecular formula is C17H23BrN2O. The maximum Gasteiger partial charge on any atom is 0.146 e. The molecule has 4 heteroatoms. The van der Waals surface area contributed by atoms with Gasteiger partial charge in [-0.1, -0.05) is 22.0 Å². The predicted octanol–water partition coefficient (Wildman–Crippen LogP) is 3.47. The summed E-state index contributed by atoms with van der Waals surface area (Å²) in [4.78, 5) is 16.7. The first-order valence-corrected chi connectivity index (χ1v) is 8.71. The third kappa shape index (κ3) is 3.32. The summed E-state index contributed by atoms with van der Waals surface area (Å²) in [5.41, 5.74) is 1.30. The van der Waals surface area contributed by atoms with E-state index in [1.165, 1.54) is 12.1 Å². The third-order valence-electron chi connectivity index (χ3n) is 4.87. The smallest absolute Gasteiger partial charge is 0.146 e. The van der Waals surface area contributed by atoms with E-state index in [0.717, 1.165) is 43.4 Å². The summed E-state index contributed by atoms with van der Waals surface area (Å²) < 4.78 is 1.14. The molecule has 2 aliphatic heterocycles. The average Bonchev–Trinajstić information content (AvgIpc) is 2.97. The van der Waals surface area contributed by atoms with Crippen LogP contribution in [0.2, 0.25) is 0 Å². The SMILES string of the molecule is CC(=O)[C@@H]1CCCN1C1CCN(c2cccc(Br)c2)CC1. The number of halogens is 1. The van der Waals surface area contributed by atoms with E-state index in [0.29, 0.717) is 11.8 Å². The van der Waals surface area contributed by atoms with Crippen molar-refractivity contribution in [2.45, 2.75) is 44.7 Å². The number of likely N-dealkylation sites (tertiary alicyclic amines) is 1. The van der Waals surface area contributed by atoms with E-state index < -0.39 is 0 Å². The van der Waals surface area contributed by atoms with Gasteiger partial charge in [0.15, 0.2) is 0 Å². The van der Waals surface area contributed by atoms with Gasteiger partial charge in [0.2, 0.25) is 0 Å². The standard InChI is InChI=1S/C17H23BrN2O/c1-13(21)17-6-3-9-20(17)15-7-10-19(11-8-15)16-5-2-4-14(18)12-16/h2,4-5,12,15,17H,3,6-11H2,1H3/t17-/m0/s1. The Balaban J connectivity index is 1.61. The molecular weight excluding hydrogens is 328 g/mol. The van der Waals surface area contributed by atoms with Gasteiger partial charge in [-0.2, -0.15) is 0 Å². The molecule has 114 valence electrons. The number of anilines is 1. The molecule has 2 fully saturated rings. The van der Waals surface area contributed by atoms with Crippen LogP contribution < -0.4 is 4.90 Å². The van der Waals surface area contributed by atoms with Crippen LogP contribution in [0.5, 0.6) is 0 Å². The lowest BCUT2D eigenvalue weighted by atomic mass is 10.0. The molecule has 2 heterocycles. The van der Waals surface area contributed by atoms with Crippen molar-refractivity contribution in [2.24, 2.45) is 0 Å². The van der Waals surface area contributed by atoms with Crippen molar-refractivity contribution in [2.75, 3.05) is 24.5 Å². The van der Waals surface area contributed by atoms with Crippen LogP contribution in [0, 0.1) is 0 Å². The van der Waals surface area contributed by atoms with Gasteiger partial charge in [0, 0.05) is 29.3 Å². The molecule has 0 saturated carbocycles. The number of hydrogen-bond acceptors (Lipinski definition) is 3. The van der Waals surface area contributed by atoms with Crippen molar-refractivity contribution in [1.29, 1.82) is 0 Å². The number of carbonyl (C=O) groups excluding carboxylic acids is 1. The molecule has 2 aliphatic rings. The highest BCUT2D eigenvalue weighted by molar-refractivity contribution is 9.10.